The number of hydrogen-bond acceptors (Lipinski definition) is 9. The van der Waals surface area contributed by atoms with Gasteiger partial charge in [-0.2, -0.15) is 0 Å². The van der Waals surface area contributed by atoms with E-state index in [4.69, 9.17) is 30.8 Å². The summed E-state index contributed by atoms with van der Waals surface area (Å²) in [5, 5.41) is 2.53. The lowest BCUT2D eigenvalue weighted by atomic mass is 10.1. The Labute approximate surface area is 223 Å². The molecule has 0 atom stereocenters. The average Bonchev–Trinajstić information content (AvgIpc) is 3.39. The number of carbonyl (C=O) groups excluding carboxylic acids is 3. The molecule has 1 aliphatic rings. The van der Waals surface area contributed by atoms with Gasteiger partial charge in [0.05, 0.1) is 26.5 Å². The number of ether oxygens (including phenoxy) is 4. The van der Waals surface area contributed by atoms with Crippen LogP contribution in [-0.2, 0) is 20.9 Å². The lowest BCUT2D eigenvalue weighted by molar-refractivity contribution is -0.122. The number of furan rings is 1. The van der Waals surface area contributed by atoms with Crippen molar-refractivity contribution in [3.63, 3.8) is 0 Å². The van der Waals surface area contributed by atoms with Gasteiger partial charge in [-0.15, -0.1) is 0 Å². The monoisotopic (exact) mass is 536 g/mol. The SMILES string of the molecule is CCOc1cccc(N2C(=O)C(=Cc3ccc(OCc4ccc(C(=O)OC)o4)c(OC)c3)C(=O)NC2=S)c1. The van der Waals surface area contributed by atoms with E-state index >= 15 is 0 Å². The standard InChI is InChI=1S/C27H24N2O8S/c1-4-35-18-7-5-6-17(14-18)29-25(31)20(24(30)28-27(29)38)12-16-8-10-21(23(13-16)33-2)36-15-19-9-11-22(37-19)26(32)34-3/h5-14H,4,15H2,1-3H3,(H,28,30,38). The van der Waals surface area contributed by atoms with Gasteiger partial charge in [0.15, 0.2) is 16.6 Å². The highest BCUT2D eigenvalue weighted by Gasteiger charge is 2.34. The van der Waals surface area contributed by atoms with Gasteiger partial charge in [0.1, 0.15) is 23.7 Å². The van der Waals surface area contributed by atoms with Gasteiger partial charge >= 0.3 is 5.97 Å². The normalized spacial score (nSPS) is 14.3. The number of nitrogens with one attached hydrogen (secondary N) is 1. The topological polar surface area (TPSA) is 117 Å². The summed E-state index contributed by atoms with van der Waals surface area (Å²) in [6.45, 7) is 2.34. The molecule has 0 bridgehead atoms. The van der Waals surface area contributed by atoms with Crippen molar-refractivity contribution >= 4 is 46.9 Å². The second kappa shape index (κ2) is 11.6. The Hall–Kier alpha value is -4.64. The van der Waals surface area contributed by atoms with Crippen molar-refractivity contribution in [3.8, 4) is 17.2 Å². The summed E-state index contributed by atoms with van der Waals surface area (Å²) in [5.41, 5.74) is 0.878. The first-order valence-electron chi connectivity index (χ1n) is 11.5. The summed E-state index contributed by atoms with van der Waals surface area (Å²) < 4.78 is 26.7. The van der Waals surface area contributed by atoms with E-state index in [-0.39, 0.29) is 23.1 Å². The van der Waals surface area contributed by atoms with Crippen molar-refractivity contribution in [2.75, 3.05) is 25.7 Å². The van der Waals surface area contributed by atoms with E-state index in [1.165, 1.54) is 31.3 Å². The van der Waals surface area contributed by atoms with E-state index in [2.05, 4.69) is 10.1 Å². The van der Waals surface area contributed by atoms with Crippen molar-refractivity contribution < 1.29 is 37.7 Å². The maximum Gasteiger partial charge on any atom is 0.373 e. The van der Waals surface area contributed by atoms with Crippen molar-refractivity contribution in [2.45, 2.75) is 13.5 Å². The van der Waals surface area contributed by atoms with E-state index < -0.39 is 17.8 Å². The Bertz CT molecular complexity index is 1430. The van der Waals surface area contributed by atoms with Crippen molar-refractivity contribution in [3.05, 3.63) is 77.3 Å². The zero-order valence-corrected chi connectivity index (χ0v) is 21.6. The van der Waals surface area contributed by atoms with E-state index in [0.29, 0.717) is 40.9 Å². The van der Waals surface area contributed by atoms with Crippen LogP contribution in [0.25, 0.3) is 6.08 Å². The van der Waals surface area contributed by atoms with E-state index in [9.17, 15) is 14.4 Å². The predicted molar refractivity (Wildman–Crippen MR) is 141 cm³/mol. The maximum absolute atomic E-state index is 13.3. The number of hydrogen-bond donors (Lipinski definition) is 1. The van der Waals surface area contributed by atoms with Crippen molar-refractivity contribution in [1.82, 2.24) is 5.32 Å². The van der Waals surface area contributed by atoms with Crippen LogP contribution in [0, 0.1) is 0 Å². The highest BCUT2D eigenvalue weighted by molar-refractivity contribution is 7.80. The third kappa shape index (κ3) is 5.68. The Kier molecular flexibility index (Phi) is 8.07. The number of nitrogens with zero attached hydrogens (tertiary/aromatic N) is 1. The van der Waals surface area contributed by atoms with Gasteiger partial charge in [-0.25, -0.2) is 4.79 Å². The van der Waals surface area contributed by atoms with Crippen LogP contribution < -0.4 is 24.4 Å². The Balaban J connectivity index is 1.55. The molecule has 4 rings (SSSR count). The number of esters is 1. The lowest BCUT2D eigenvalue weighted by Crippen LogP contribution is -2.54. The summed E-state index contributed by atoms with van der Waals surface area (Å²) in [6.07, 6.45) is 1.44. The zero-order chi connectivity index (χ0) is 27.2. The van der Waals surface area contributed by atoms with Gasteiger partial charge in [-0.05, 0) is 67.2 Å². The minimum atomic E-state index is -0.615. The number of methoxy groups -OCH3 is 2. The molecular weight excluding hydrogens is 512 g/mol. The molecule has 3 aromatic rings. The summed E-state index contributed by atoms with van der Waals surface area (Å²) in [5.74, 6) is 0.0105. The van der Waals surface area contributed by atoms with Gasteiger partial charge < -0.3 is 23.4 Å². The Morgan fingerprint density at radius 2 is 1.87 bits per heavy atom. The maximum atomic E-state index is 13.3. The second-order valence-electron chi connectivity index (χ2n) is 7.84. The molecule has 1 N–H and O–H groups in total. The molecule has 0 aliphatic carbocycles. The zero-order valence-electron chi connectivity index (χ0n) is 20.8. The second-order valence-corrected chi connectivity index (χ2v) is 8.23. The van der Waals surface area contributed by atoms with Crippen LogP contribution in [0.4, 0.5) is 5.69 Å². The van der Waals surface area contributed by atoms with Crippen LogP contribution in [0.3, 0.4) is 0 Å². The lowest BCUT2D eigenvalue weighted by Gasteiger charge is -2.29. The predicted octanol–water partition coefficient (Wildman–Crippen LogP) is 3.88. The molecule has 0 saturated carbocycles. The van der Waals surface area contributed by atoms with Gasteiger partial charge in [0, 0.05) is 6.07 Å². The summed E-state index contributed by atoms with van der Waals surface area (Å²) in [4.78, 5) is 38.8. The van der Waals surface area contributed by atoms with Crippen LogP contribution in [0.2, 0.25) is 0 Å². The molecule has 2 amide bonds. The molecule has 0 spiro atoms. The molecule has 1 fully saturated rings. The number of amides is 2. The molecule has 1 aromatic heterocycles. The quantitative estimate of drug-likeness (QED) is 0.188. The first kappa shape index (κ1) is 26.4. The fourth-order valence-electron chi connectivity index (χ4n) is 3.65. The van der Waals surface area contributed by atoms with Crippen LogP contribution in [0.5, 0.6) is 17.2 Å². The summed E-state index contributed by atoms with van der Waals surface area (Å²) in [7, 11) is 2.73. The van der Waals surface area contributed by atoms with Gasteiger partial charge in [-0.3, -0.25) is 19.8 Å². The van der Waals surface area contributed by atoms with Crippen LogP contribution >= 0.6 is 12.2 Å². The fourth-order valence-corrected chi connectivity index (χ4v) is 3.93. The molecule has 2 aromatic carbocycles. The number of rotatable bonds is 9. The molecule has 0 radical (unpaired) electrons. The molecule has 11 heteroatoms. The van der Waals surface area contributed by atoms with E-state index in [0.717, 1.165) is 0 Å². The Morgan fingerprint density at radius 1 is 1.05 bits per heavy atom. The van der Waals surface area contributed by atoms with Gasteiger partial charge in [0.2, 0.25) is 5.76 Å². The van der Waals surface area contributed by atoms with Crippen LogP contribution in [0.1, 0.15) is 28.8 Å². The Morgan fingerprint density at radius 3 is 2.61 bits per heavy atom. The molecule has 10 nitrogen and oxygen atoms in total. The van der Waals surface area contributed by atoms with Crippen molar-refractivity contribution in [2.24, 2.45) is 0 Å². The number of carbonyl (C=O) groups is 3. The molecule has 0 unspecified atom stereocenters. The van der Waals surface area contributed by atoms with Crippen LogP contribution in [0.15, 0.2) is 64.6 Å². The largest absolute Gasteiger partial charge is 0.494 e. The number of anilines is 1. The third-order valence-corrected chi connectivity index (χ3v) is 5.69. The molecular formula is C27H24N2O8S. The highest BCUT2D eigenvalue weighted by Crippen LogP contribution is 2.31. The van der Waals surface area contributed by atoms with E-state index in [1.807, 2.05) is 6.92 Å². The van der Waals surface area contributed by atoms with Crippen molar-refractivity contribution in [1.29, 1.82) is 0 Å². The molecule has 196 valence electrons. The number of benzene rings is 2. The van der Waals surface area contributed by atoms with Gasteiger partial charge in [-0.1, -0.05) is 12.1 Å². The molecule has 38 heavy (non-hydrogen) atoms. The smallest absolute Gasteiger partial charge is 0.373 e. The number of thiocarbonyl (C=S) groups is 1. The minimum absolute atomic E-state index is 0.0274. The molecule has 1 saturated heterocycles. The fraction of sp³-hybridized carbons (Fsp3) is 0.185. The average molecular weight is 537 g/mol. The first-order valence-corrected chi connectivity index (χ1v) is 11.9. The van der Waals surface area contributed by atoms with Crippen LogP contribution in [-0.4, -0.2) is 43.7 Å². The molecule has 1 aliphatic heterocycles. The molecule has 2 heterocycles. The van der Waals surface area contributed by atoms with Gasteiger partial charge in [0.25, 0.3) is 11.8 Å². The first-order chi connectivity index (χ1) is 18.3. The summed E-state index contributed by atoms with van der Waals surface area (Å²) in [6, 6.07) is 14.9. The minimum Gasteiger partial charge on any atom is -0.494 e. The highest BCUT2D eigenvalue weighted by atomic mass is 32.1. The third-order valence-electron chi connectivity index (χ3n) is 5.41. The summed E-state index contributed by atoms with van der Waals surface area (Å²) >= 11 is 5.27. The van der Waals surface area contributed by atoms with E-state index in [1.54, 1.807) is 48.5 Å².